The second-order valence-electron chi connectivity index (χ2n) is 4.36. The van der Waals surface area contributed by atoms with Crippen molar-refractivity contribution in [2.45, 2.75) is 26.3 Å². The van der Waals surface area contributed by atoms with Gasteiger partial charge in [0.05, 0.1) is 24.3 Å². The van der Waals surface area contributed by atoms with Crippen molar-refractivity contribution in [1.29, 1.82) is 0 Å². The van der Waals surface area contributed by atoms with E-state index in [4.69, 9.17) is 5.73 Å². The minimum atomic E-state index is -0.0834. The zero-order valence-electron chi connectivity index (χ0n) is 11.7. The Morgan fingerprint density at radius 2 is 2.05 bits per heavy atom. The van der Waals surface area contributed by atoms with Crippen LogP contribution in [0, 0.1) is 6.92 Å². The molecule has 2 aromatic heterocycles. The Morgan fingerprint density at radius 3 is 2.57 bits per heavy atom. The molecule has 2 rings (SSSR count). The van der Waals surface area contributed by atoms with E-state index in [0.717, 1.165) is 9.88 Å². The Labute approximate surface area is 140 Å². The maximum Gasteiger partial charge on any atom is 0.226 e. The van der Waals surface area contributed by atoms with E-state index in [1.807, 2.05) is 20.0 Å². The maximum atomic E-state index is 11.9. The molecule has 1 amide bonds. The fraction of sp³-hybridized carbons (Fsp3) is 0.308. The first kappa shape index (κ1) is 19.6. The van der Waals surface area contributed by atoms with Gasteiger partial charge in [-0.1, -0.05) is 0 Å². The molecule has 21 heavy (non-hydrogen) atoms. The summed E-state index contributed by atoms with van der Waals surface area (Å²) in [7, 11) is 0. The smallest absolute Gasteiger partial charge is 0.226 e. The zero-order valence-corrected chi connectivity index (χ0v) is 14.1. The van der Waals surface area contributed by atoms with Gasteiger partial charge < -0.3 is 11.1 Å². The Kier molecular flexibility index (Phi) is 8.24. The summed E-state index contributed by atoms with van der Waals surface area (Å²) < 4.78 is 0. The average molecular weight is 349 g/mol. The molecular formula is C13H18Cl2N4OS. The van der Waals surface area contributed by atoms with Crippen LogP contribution < -0.4 is 11.1 Å². The molecule has 8 heteroatoms. The molecule has 0 spiro atoms. The lowest BCUT2D eigenvalue weighted by Crippen LogP contribution is -2.28. The van der Waals surface area contributed by atoms with E-state index < -0.39 is 0 Å². The van der Waals surface area contributed by atoms with Gasteiger partial charge in [0, 0.05) is 16.8 Å². The molecule has 0 radical (unpaired) electrons. The third-order valence-corrected chi connectivity index (χ3v) is 3.67. The normalized spacial score (nSPS) is 11.0. The molecule has 0 fully saturated rings. The number of halogens is 2. The van der Waals surface area contributed by atoms with Crippen LogP contribution in [0.15, 0.2) is 24.5 Å². The fourth-order valence-corrected chi connectivity index (χ4v) is 2.41. The summed E-state index contributed by atoms with van der Waals surface area (Å²) in [5.41, 5.74) is 6.84. The Morgan fingerprint density at radius 1 is 1.33 bits per heavy atom. The van der Waals surface area contributed by atoms with Crippen molar-refractivity contribution in [3.8, 4) is 0 Å². The van der Waals surface area contributed by atoms with E-state index in [2.05, 4.69) is 15.3 Å². The Hall–Kier alpha value is -1.37. The number of aryl methyl sites for hydroxylation is 1. The number of carbonyl (C=O) groups excluding carboxylic acids is 1. The molecule has 0 aromatic carbocycles. The van der Waals surface area contributed by atoms with E-state index in [9.17, 15) is 4.79 Å². The van der Waals surface area contributed by atoms with Gasteiger partial charge in [-0.25, -0.2) is 4.98 Å². The molecule has 2 aromatic rings. The number of nitrogens with one attached hydrogen (secondary N) is 1. The summed E-state index contributed by atoms with van der Waals surface area (Å²) in [5, 5.41) is 3.82. The van der Waals surface area contributed by atoms with Crippen molar-refractivity contribution in [2.24, 2.45) is 0 Å². The van der Waals surface area contributed by atoms with Crippen LogP contribution in [-0.2, 0) is 11.2 Å². The van der Waals surface area contributed by atoms with E-state index in [0.29, 0.717) is 11.4 Å². The predicted molar refractivity (Wildman–Crippen MR) is 90.3 cm³/mol. The molecule has 5 nitrogen and oxygen atoms in total. The monoisotopic (exact) mass is 348 g/mol. The number of nitrogens with two attached hydrogens (primary N) is 1. The number of aromatic nitrogens is 2. The molecule has 0 aliphatic rings. The number of carbonyl (C=O) groups is 1. The van der Waals surface area contributed by atoms with Crippen LogP contribution in [0.2, 0.25) is 0 Å². The number of anilines is 1. The van der Waals surface area contributed by atoms with Gasteiger partial charge in [-0.3, -0.25) is 9.78 Å². The van der Waals surface area contributed by atoms with Gasteiger partial charge in [-0.15, -0.1) is 36.2 Å². The molecule has 1 unspecified atom stereocenters. The van der Waals surface area contributed by atoms with Crippen LogP contribution in [0.25, 0.3) is 0 Å². The number of hydrogen-bond donors (Lipinski definition) is 2. The van der Waals surface area contributed by atoms with Gasteiger partial charge >= 0.3 is 0 Å². The summed E-state index contributed by atoms with van der Waals surface area (Å²) >= 11 is 1.59. The molecule has 0 aliphatic heterocycles. The number of amides is 1. The third kappa shape index (κ3) is 5.87. The predicted octanol–water partition coefficient (Wildman–Crippen LogP) is 2.69. The molecule has 0 saturated heterocycles. The summed E-state index contributed by atoms with van der Waals surface area (Å²) in [6, 6.07) is 3.41. The summed E-state index contributed by atoms with van der Waals surface area (Å²) in [6.07, 6.45) is 3.61. The molecule has 3 N–H and O–H groups in total. The maximum absolute atomic E-state index is 11.9. The molecule has 116 valence electrons. The van der Waals surface area contributed by atoms with E-state index >= 15 is 0 Å². The average Bonchev–Trinajstić information content (AvgIpc) is 2.79. The Balaban J connectivity index is 0.00000200. The number of hydrogen-bond acceptors (Lipinski definition) is 5. The van der Waals surface area contributed by atoms with Gasteiger partial charge in [-0.05, 0) is 26.0 Å². The van der Waals surface area contributed by atoms with Gasteiger partial charge in [-0.2, -0.15) is 0 Å². The summed E-state index contributed by atoms with van der Waals surface area (Å²) in [6.45, 7) is 3.92. The zero-order chi connectivity index (χ0) is 13.8. The second-order valence-corrected chi connectivity index (χ2v) is 5.62. The highest BCUT2D eigenvalue weighted by molar-refractivity contribution is 7.11. The van der Waals surface area contributed by atoms with Crippen LogP contribution in [0.1, 0.15) is 28.5 Å². The van der Waals surface area contributed by atoms with Gasteiger partial charge in [0.2, 0.25) is 5.91 Å². The first-order valence-electron chi connectivity index (χ1n) is 5.96. The highest BCUT2D eigenvalue weighted by atomic mass is 35.5. The van der Waals surface area contributed by atoms with Gasteiger partial charge in [0.25, 0.3) is 0 Å². The first-order valence-corrected chi connectivity index (χ1v) is 6.78. The standard InChI is InChI=1S/C13H16N4OS.2ClH/c1-8-6-16-13(19-8)9(2)17-12(18)5-11-4-3-10(14)7-15-11;;/h3-4,6-7,9H,5,14H2,1-2H3,(H,17,18);2*1H. The number of pyridine rings is 1. The van der Waals surface area contributed by atoms with Crippen LogP contribution >= 0.6 is 36.2 Å². The first-order chi connectivity index (χ1) is 9.04. The second kappa shape index (κ2) is 8.81. The van der Waals surface area contributed by atoms with Gasteiger partial charge in [0.1, 0.15) is 5.01 Å². The number of rotatable bonds is 4. The highest BCUT2D eigenvalue weighted by Crippen LogP contribution is 2.18. The highest BCUT2D eigenvalue weighted by Gasteiger charge is 2.13. The fourth-order valence-electron chi connectivity index (χ4n) is 1.63. The molecule has 0 bridgehead atoms. The number of thiazole rings is 1. The Bertz CT molecular complexity index is 574. The summed E-state index contributed by atoms with van der Waals surface area (Å²) in [4.78, 5) is 21.4. The van der Waals surface area contributed by atoms with Crippen LogP contribution in [-0.4, -0.2) is 15.9 Å². The van der Waals surface area contributed by atoms with E-state index in [1.165, 1.54) is 0 Å². The third-order valence-electron chi connectivity index (χ3n) is 2.58. The van der Waals surface area contributed by atoms with Crippen LogP contribution in [0.3, 0.4) is 0 Å². The largest absolute Gasteiger partial charge is 0.397 e. The van der Waals surface area contributed by atoms with E-state index in [1.54, 1.807) is 29.7 Å². The molecule has 0 aliphatic carbocycles. The van der Waals surface area contributed by atoms with Crippen molar-refractivity contribution < 1.29 is 4.79 Å². The van der Waals surface area contributed by atoms with Crippen molar-refractivity contribution in [2.75, 3.05) is 5.73 Å². The number of nitrogen functional groups attached to an aromatic ring is 1. The lowest BCUT2D eigenvalue weighted by molar-refractivity contribution is -0.121. The van der Waals surface area contributed by atoms with Crippen LogP contribution in [0.5, 0.6) is 0 Å². The molecule has 2 heterocycles. The van der Waals surface area contributed by atoms with Crippen molar-refractivity contribution in [3.05, 3.63) is 40.1 Å². The molecule has 0 saturated carbocycles. The molecular weight excluding hydrogens is 331 g/mol. The summed E-state index contributed by atoms with van der Waals surface area (Å²) in [5.74, 6) is -0.0716. The van der Waals surface area contributed by atoms with E-state index in [-0.39, 0.29) is 43.2 Å². The van der Waals surface area contributed by atoms with Crippen molar-refractivity contribution in [1.82, 2.24) is 15.3 Å². The number of nitrogens with zero attached hydrogens (tertiary/aromatic N) is 2. The SMILES string of the molecule is Cc1cnc(C(C)NC(=O)Cc2ccc(N)cn2)s1.Cl.Cl. The van der Waals surface area contributed by atoms with Crippen molar-refractivity contribution >= 4 is 47.7 Å². The lowest BCUT2D eigenvalue weighted by atomic mass is 10.2. The lowest BCUT2D eigenvalue weighted by Gasteiger charge is -2.10. The van der Waals surface area contributed by atoms with Crippen LogP contribution in [0.4, 0.5) is 5.69 Å². The topological polar surface area (TPSA) is 80.9 Å². The van der Waals surface area contributed by atoms with Gasteiger partial charge in [0.15, 0.2) is 0 Å². The minimum Gasteiger partial charge on any atom is -0.397 e. The quantitative estimate of drug-likeness (QED) is 0.889. The molecule has 1 atom stereocenters. The van der Waals surface area contributed by atoms with Crippen molar-refractivity contribution in [3.63, 3.8) is 0 Å². The minimum absolute atomic E-state index is 0.